The molecule has 0 fully saturated rings. The van der Waals surface area contributed by atoms with E-state index >= 15 is 0 Å². The zero-order valence-corrected chi connectivity index (χ0v) is 33.2. The number of hydrogen-bond acceptors (Lipinski definition) is 10. The largest absolute Gasteiger partial charge is 0.493 e. The first-order valence-corrected chi connectivity index (χ1v) is 18.6. The third-order valence-electron chi connectivity index (χ3n) is 10.0. The molecular weight excluding hydrogens is 716 g/mol. The van der Waals surface area contributed by atoms with E-state index in [0.29, 0.717) is 58.3 Å². The van der Waals surface area contributed by atoms with Crippen molar-refractivity contribution in [2.75, 3.05) is 51.5 Å². The minimum atomic E-state index is -0.436. The second-order valence-corrected chi connectivity index (χ2v) is 13.4. The third-order valence-corrected chi connectivity index (χ3v) is 10.0. The van der Waals surface area contributed by atoms with Crippen molar-refractivity contribution in [2.45, 2.75) is 64.5 Å². The number of ether oxygens (including phenoxy) is 6. The van der Waals surface area contributed by atoms with E-state index in [4.69, 9.17) is 28.4 Å². The van der Waals surface area contributed by atoms with Crippen molar-refractivity contribution in [2.24, 2.45) is 0 Å². The van der Waals surface area contributed by atoms with Crippen LogP contribution in [0.25, 0.3) is 0 Å². The van der Waals surface area contributed by atoms with Crippen LogP contribution in [0.5, 0.6) is 23.0 Å². The summed E-state index contributed by atoms with van der Waals surface area (Å²) in [5, 5.41) is 0. The normalized spacial score (nSPS) is 18.2. The molecule has 56 heavy (non-hydrogen) atoms. The van der Waals surface area contributed by atoms with E-state index in [2.05, 4.69) is 0 Å². The average molecular weight is 767 g/mol. The molecule has 12 heteroatoms. The highest BCUT2D eigenvalue weighted by molar-refractivity contribution is 6.05. The van der Waals surface area contributed by atoms with Gasteiger partial charge >= 0.3 is 12.2 Å². The van der Waals surface area contributed by atoms with Gasteiger partial charge in [0.15, 0.2) is 34.6 Å². The molecule has 4 aromatic carbocycles. The maximum Gasteiger partial charge on any atom is 0.414 e. The minimum Gasteiger partial charge on any atom is -0.493 e. The predicted octanol–water partition coefficient (Wildman–Crippen LogP) is 8.85. The quantitative estimate of drug-likeness (QED) is 0.144. The Labute approximate surface area is 328 Å². The van der Waals surface area contributed by atoms with Crippen molar-refractivity contribution in [3.05, 3.63) is 107 Å². The second kappa shape index (κ2) is 18.5. The lowest BCUT2D eigenvalue weighted by molar-refractivity contribution is 0.0939. The van der Waals surface area contributed by atoms with E-state index < -0.39 is 24.0 Å². The summed E-state index contributed by atoms with van der Waals surface area (Å²) in [4.78, 5) is 54.9. The number of carbonyl (C=O) groups excluding carboxylic acids is 4. The zero-order chi connectivity index (χ0) is 40.5. The smallest absolute Gasteiger partial charge is 0.414 e. The highest BCUT2D eigenvalue weighted by Crippen LogP contribution is 2.47. The summed E-state index contributed by atoms with van der Waals surface area (Å²) < 4.78 is 32.2. The van der Waals surface area contributed by atoms with Gasteiger partial charge in [0.25, 0.3) is 0 Å². The number of fused-ring (bicyclic) bond motifs is 2. The zero-order valence-electron chi connectivity index (χ0n) is 33.2. The van der Waals surface area contributed by atoms with Crippen LogP contribution in [0.2, 0.25) is 0 Å². The van der Waals surface area contributed by atoms with Crippen LogP contribution in [0, 0.1) is 0 Å². The van der Waals surface area contributed by atoms with Gasteiger partial charge in [-0.15, -0.1) is 0 Å². The number of amides is 2. The Kier molecular flexibility index (Phi) is 13.6. The number of anilines is 2. The van der Waals surface area contributed by atoms with Crippen LogP contribution in [0.1, 0.15) is 84.2 Å². The first kappa shape index (κ1) is 41.1. The Morgan fingerprint density at radius 3 is 1.16 bits per heavy atom. The maximum absolute atomic E-state index is 13.3. The molecule has 296 valence electrons. The van der Waals surface area contributed by atoms with Crippen LogP contribution >= 0.6 is 0 Å². The number of hydrogen-bond donors (Lipinski definition) is 0. The van der Waals surface area contributed by atoms with Crippen molar-refractivity contribution in [3.8, 4) is 23.0 Å². The number of nitrogens with zero attached hydrogens (tertiary/aromatic N) is 2. The average Bonchev–Trinajstić information content (AvgIpc) is 3.22. The molecule has 0 saturated heterocycles. The molecule has 0 N–H and O–H groups in total. The topological polar surface area (TPSA) is 130 Å². The summed E-state index contributed by atoms with van der Waals surface area (Å²) in [6, 6.07) is 25.0. The summed E-state index contributed by atoms with van der Waals surface area (Å²) in [7, 11) is 6.18. The highest BCUT2D eigenvalue weighted by atomic mass is 16.6. The fraction of sp³-hybridized carbons (Fsp3) is 0.364. The number of ketones is 2. The van der Waals surface area contributed by atoms with E-state index in [9.17, 15) is 19.2 Å². The minimum absolute atomic E-state index is 0.0180. The highest BCUT2D eigenvalue weighted by Gasteiger charge is 2.40. The van der Waals surface area contributed by atoms with Gasteiger partial charge in [-0.25, -0.2) is 9.59 Å². The lowest BCUT2D eigenvalue weighted by Crippen LogP contribution is -2.44. The molecule has 4 aromatic rings. The molecule has 0 unspecified atom stereocenters. The van der Waals surface area contributed by atoms with Crippen LogP contribution in [0.4, 0.5) is 21.0 Å². The molecule has 0 spiro atoms. The van der Waals surface area contributed by atoms with Gasteiger partial charge in [-0.2, -0.15) is 0 Å². The van der Waals surface area contributed by atoms with Crippen molar-refractivity contribution >= 4 is 35.1 Å². The molecule has 6 rings (SSSR count). The van der Waals surface area contributed by atoms with Gasteiger partial charge in [-0.05, 0) is 63.8 Å². The number of rotatable bonds is 10. The van der Waals surface area contributed by atoms with E-state index in [-0.39, 0.29) is 36.9 Å². The Bertz CT molecular complexity index is 1870. The molecular formula is C44H50N2O10. The van der Waals surface area contributed by atoms with Gasteiger partial charge in [0, 0.05) is 35.3 Å². The summed E-state index contributed by atoms with van der Waals surface area (Å²) in [5.74, 6) is 1.28. The molecule has 2 aliphatic rings. The molecule has 0 aliphatic carbocycles. The van der Waals surface area contributed by atoms with E-state index in [1.54, 1.807) is 62.1 Å². The molecule has 0 bridgehead atoms. The summed E-state index contributed by atoms with van der Waals surface area (Å²) in [6.45, 7) is 7.92. The van der Waals surface area contributed by atoms with Gasteiger partial charge in [-0.1, -0.05) is 60.7 Å². The monoisotopic (exact) mass is 766 g/mol. The molecule has 0 radical (unpaired) electrons. The number of Topliss-reactive ketones (excluding diaryl/α,β-unsaturated/α-hetero) is 2. The Morgan fingerprint density at radius 1 is 0.536 bits per heavy atom. The Hall–Kier alpha value is -6.04. The van der Waals surface area contributed by atoms with Gasteiger partial charge in [-0.3, -0.25) is 19.4 Å². The van der Waals surface area contributed by atoms with Gasteiger partial charge < -0.3 is 28.4 Å². The van der Waals surface area contributed by atoms with E-state index in [1.807, 2.05) is 74.5 Å². The molecule has 2 heterocycles. The lowest BCUT2D eigenvalue weighted by Gasteiger charge is -2.38. The maximum atomic E-state index is 13.3. The van der Waals surface area contributed by atoms with Crippen LogP contribution in [0.3, 0.4) is 0 Å². The van der Waals surface area contributed by atoms with Crippen LogP contribution < -0.4 is 28.7 Å². The van der Waals surface area contributed by atoms with Gasteiger partial charge in [0.05, 0.1) is 64.9 Å². The lowest BCUT2D eigenvalue weighted by atomic mass is 9.81. The SMILES string of the molecule is CCOC(=O)N1c2cc(OC)c(OC)cc2[C@@H](C(=O)c2ccccc2)C[C@@H]1C.CCOC(=O)N1c2cc(OC)c(OC)cc2[C@H](C(=O)c2ccccc2)C[C@H]1C. The molecule has 12 nitrogen and oxygen atoms in total. The number of carbonyl (C=O) groups is 4. The second-order valence-electron chi connectivity index (χ2n) is 13.4. The number of methoxy groups -OCH3 is 4. The van der Waals surface area contributed by atoms with E-state index in [0.717, 1.165) is 11.1 Å². The van der Waals surface area contributed by atoms with Crippen molar-refractivity contribution in [1.82, 2.24) is 0 Å². The van der Waals surface area contributed by atoms with Gasteiger partial charge in [0.2, 0.25) is 0 Å². The van der Waals surface area contributed by atoms with Crippen LogP contribution in [-0.2, 0) is 9.47 Å². The van der Waals surface area contributed by atoms with Gasteiger partial charge in [0.1, 0.15) is 0 Å². The van der Waals surface area contributed by atoms with Crippen LogP contribution in [0.15, 0.2) is 84.9 Å². The number of benzene rings is 4. The molecule has 4 atom stereocenters. The van der Waals surface area contributed by atoms with Crippen LogP contribution in [-0.4, -0.2) is 77.5 Å². The first-order valence-electron chi connectivity index (χ1n) is 18.6. The van der Waals surface area contributed by atoms with Crippen molar-refractivity contribution in [1.29, 1.82) is 0 Å². The third kappa shape index (κ3) is 8.44. The Balaban J connectivity index is 0.000000214. The standard InChI is InChI=1S/2C22H25NO5/c2*1-5-28-22(25)23-14(2)11-17(21(24)15-9-7-6-8-10-15)16-12-19(26-3)20(27-4)13-18(16)23/h2*6-10,12-14,17H,5,11H2,1-4H3/t2*14-,17-/m10/s1. The summed E-state index contributed by atoms with van der Waals surface area (Å²) >= 11 is 0. The molecule has 2 amide bonds. The molecule has 2 aliphatic heterocycles. The molecule has 0 saturated carbocycles. The fourth-order valence-electron chi connectivity index (χ4n) is 7.41. The van der Waals surface area contributed by atoms with Crippen molar-refractivity contribution < 1.29 is 47.6 Å². The fourth-order valence-corrected chi connectivity index (χ4v) is 7.41. The summed E-state index contributed by atoms with van der Waals surface area (Å²) in [5.41, 5.74) is 3.98. The van der Waals surface area contributed by atoms with E-state index in [1.165, 1.54) is 14.2 Å². The first-order chi connectivity index (χ1) is 27.0. The van der Waals surface area contributed by atoms with Crippen molar-refractivity contribution in [3.63, 3.8) is 0 Å². The Morgan fingerprint density at radius 2 is 0.857 bits per heavy atom. The summed E-state index contributed by atoms with van der Waals surface area (Å²) in [6.07, 6.45) is 0.118. The predicted molar refractivity (Wildman–Crippen MR) is 213 cm³/mol. The molecule has 0 aromatic heterocycles.